The van der Waals surface area contributed by atoms with Crippen molar-refractivity contribution in [2.75, 3.05) is 0 Å². The Morgan fingerprint density at radius 2 is 1.95 bits per heavy atom. The van der Waals surface area contributed by atoms with Gasteiger partial charge in [0.05, 0.1) is 0 Å². The molecule has 20 heavy (non-hydrogen) atoms. The molecule has 0 aliphatic rings. The fourth-order valence-electron chi connectivity index (χ4n) is 1.81. The average molecular weight is 350 g/mol. The molecule has 0 atom stereocenters. The van der Waals surface area contributed by atoms with Crippen LogP contribution in [-0.2, 0) is 0 Å². The van der Waals surface area contributed by atoms with Crippen LogP contribution in [0, 0.1) is 6.92 Å². The monoisotopic (exact) mass is 348 g/mol. The van der Waals surface area contributed by atoms with Crippen LogP contribution in [0.3, 0.4) is 0 Å². The topological polar surface area (TPSA) is 38.9 Å². The first-order valence-electron chi connectivity index (χ1n) is 5.99. The van der Waals surface area contributed by atoms with E-state index in [0.29, 0.717) is 16.7 Å². The summed E-state index contributed by atoms with van der Waals surface area (Å²) in [6.45, 7) is 1.95. The Bertz CT molecular complexity index is 770. The molecule has 0 fully saturated rings. The van der Waals surface area contributed by atoms with Crippen LogP contribution in [0.5, 0.6) is 0 Å². The van der Waals surface area contributed by atoms with E-state index >= 15 is 0 Å². The molecule has 0 saturated heterocycles. The van der Waals surface area contributed by atoms with Gasteiger partial charge in [-0.3, -0.25) is 0 Å². The fraction of sp³-hybridized carbons (Fsp3) is 0.0667. The minimum absolute atomic E-state index is 0.460. The summed E-state index contributed by atoms with van der Waals surface area (Å²) in [5.41, 5.74) is 2.73. The van der Waals surface area contributed by atoms with Gasteiger partial charge in [-0.2, -0.15) is 4.98 Å². The number of hydrogen-bond acceptors (Lipinski definition) is 3. The van der Waals surface area contributed by atoms with Crippen LogP contribution in [0.15, 0.2) is 51.5 Å². The lowest BCUT2D eigenvalue weighted by atomic mass is 10.1. The van der Waals surface area contributed by atoms with Crippen molar-refractivity contribution in [1.82, 2.24) is 10.1 Å². The van der Waals surface area contributed by atoms with Crippen molar-refractivity contribution in [2.24, 2.45) is 0 Å². The van der Waals surface area contributed by atoms with Gasteiger partial charge in [-0.1, -0.05) is 50.9 Å². The molecule has 0 bridgehead atoms. The first-order valence-corrected chi connectivity index (χ1v) is 7.17. The third-order valence-electron chi connectivity index (χ3n) is 2.93. The smallest absolute Gasteiger partial charge is 0.258 e. The summed E-state index contributed by atoms with van der Waals surface area (Å²) in [5.74, 6) is 1.01. The molecule has 3 nitrogen and oxygen atoms in total. The van der Waals surface area contributed by atoms with Gasteiger partial charge in [0.15, 0.2) is 0 Å². The van der Waals surface area contributed by atoms with Gasteiger partial charge in [-0.15, -0.1) is 0 Å². The minimum atomic E-state index is 0.460. The fourth-order valence-corrected chi connectivity index (χ4v) is 2.39. The summed E-state index contributed by atoms with van der Waals surface area (Å²) < 4.78 is 6.28. The van der Waals surface area contributed by atoms with E-state index in [1.807, 2.05) is 49.4 Å². The highest BCUT2D eigenvalue weighted by atomic mass is 79.9. The Kier molecular flexibility index (Phi) is 3.59. The standard InChI is InChI=1S/C15H10BrClN2O/c1-9-5-6-11(8-13(9)17)15-18-14(19-20-15)10-3-2-4-12(16)7-10/h2-8H,1H3. The van der Waals surface area contributed by atoms with Crippen LogP contribution in [0.4, 0.5) is 0 Å². The van der Waals surface area contributed by atoms with Gasteiger partial charge in [-0.05, 0) is 36.8 Å². The second-order valence-corrected chi connectivity index (χ2v) is 5.72. The molecule has 5 heteroatoms. The van der Waals surface area contributed by atoms with E-state index in [4.69, 9.17) is 16.1 Å². The maximum Gasteiger partial charge on any atom is 0.258 e. The van der Waals surface area contributed by atoms with Crippen molar-refractivity contribution in [3.05, 3.63) is 57.5 Å². The van der Waals surface area contributed by atoms with E-state index in [-0.39, 0.29) is 0 Å². The Hall–Kier alpha value is -1.65. The largest absolute Gasteiger partial charge is 0.334 e. The van der Waals surface area contributed by atoms with Crippen LogP contribution in [0.25, 0.3) is 22.8 Å². The van der Waals surface area contributed by atoms with Gasteiger partial charge < -0.3 is 4.52 Å². The number of benzene rings is 2. The quantitative estimate of drug-likeness (QED) is 0.644. The van der Waals surface area contributed by atoms with Gasteiger partial charge >= 0.3 is 0 Å². The summed E-state index contributed by atoms with van der Waals surface area (Å²) >= 11 is 9.54. The van der Waals surface area contributed by atoms with Crippen molar-refractivity contribution in [1.29, 1.82) is 0 Å². The second kappa shape index (κ2) is 5.38. The summed E-state index contributed by atoms with van der Waals surface area (Å²) in [4.78, 5) is 4.41. The summed E-state index contributed by atoms with van der Waals surface area (Å²) in [6, 6.07) is 13.4. The lowest BCUT2D eigenvalue weighted by Crippen LogP contribution is -1.82. The molecule has 0 radical (unpaired) electrons. The van der Waals surface area contributed by atoms with Gasteiger partial charge in [0.1, 0.15) is 0 Å². The number of aromatic nitrogens is 2. The molecular formula is C15H10BrClN2O. The van der Waals surface area contributed by atoms with Crippen molar-refractivity contribution >= 4 is 27.5 Å². The molecule has 0 N–H and O–H groups in total. The molecule has 100 valence electrons. The van der Waals surface area contributed by atoms with Gasteiger partial charge in [0.2, 0.25) is 5.82 Å². The predicted octanol–water partition coefficient (Wildman–Crippen LogP) is 5.13. The number of rotatable bonds is 2. The van der Waals surface area contributed by atoms with Crippen LogP contribution < -0.4 is 0 Å². The lowest BCUT2D eigenvalue weighted by molar-refractivity contribution is 0.432. The van der Waals surface area contributed by atoms with E-state index < -0.39 is 0 Å². The molecule has 0 amide bonds. The van der Waals surface area contributed by atoms with E-state index in [9.17, 15) is 0 Å². The third-order valence-corrected chi connectivity index (χ3v) is 3.83. The third kappa shape index (κ3) is 2.62. The molecule has 0 unspecified atom stereocenters. The predicted molar refractivity (Wildman–Crippen MR) is 82.6 cm³/mol. The zero-order chi connectivity index (χ0) is 14.1. The minimum Gasteiger partial charge on any atom is -0.334 e. The molecule has 3 rings (SSSR count). The second-order valence-electron chi connectivity index (χ2n) is 4.40. The molecule has 3 aromatic rings. The first kappa shape index (κ1) is 13.3. The Balaban J connectivity index is 1.99. The zero-order valence-electron chi connectivity index (χ0n) is 10.6. The Labute approximate surface area is 129 Å². The molecule has 0 aliphatic carbocycles. The summed E-state index contributed by atoms with van der Waals surface area (Å²) in [6.07, 6.45) is 0. The zero-order valence-corrected chi connectivity index (χ0v) is 12.9. The molecule has 0 aliphatic heterocycles. The van der Waals surface area contributed by atoms with Crippen LogP contribution in [0.1, 0.15) is 5.56 Å². The Morgan fingerprint density at radius 3 is 2.70 bits per heavy atom. The molecule has 0 spiro atoms. The molecular weight excluding hydrogens is 340 g/mol. The van der Waals surface area contributed by atoms with Crippen LogP contribution in [0.2, 0.25) is 5.02 Å². The molecule has 2 aromatic carbocycles. The van der Waals surface area contributed by atoms with Crippen molar-refractivity contribution in [2.45, 2.75) is 6.92 Å². The normalized spacial score (nSPS) is 10.8. The van der Waals surface area contributed by atoms with Crippen molar-refractivity contribution in [3.63, 3.8) is 0 Å². The first-order chi connectivity index (χ1) is 9.63. The molecule has 1 heterocycles. The summed E-state index contributed by atoms with van der Waals surface area (Å²) in [7, 11) is 0. The van der Waals surface area contributed by atoms with E-state index in [1.165, 1.54) is 0 Å². The lowest BCUT2D eigenvalue weighted by Gasteiger charge is -1.98. The van der Waals surface area contributed by atoms with E-state index in [1.54, 1.807) is 0 Å². The molecule has 1 aromatic heterocycles. The SMILES string of the molecule is Cc1ccc(-c2nc(-c3cccc(Br)c3)no2)cc1Cl. The van der Waals surface area contributed by atoms with Gasteiger partial charge in [0, 0.05) is 20.6 Å². The van der Waals surface area contributed by atoms with Gasteiger partial charge in [0.25, 0.3) is 5.89 Å². The van der Waals surface area contributed by atoms with Crippen molar-refractivity contribution < 1.29 is 4.52 Å². The number of halogens is 2. The Morgan fingerprint density at radius 1 is 1.10 bits per heavy atom. The van der Waals surface area contributed by atoms with E-state index in [0.717, 1.165) is 21.2 Å². The average Bonchev–Trinajstić information content (AvgIpc) is 2.92. The maximum absolute atomic E-state index is 6.11. The number of aryl methyl sites for hydroxylation is 1. The highest BCUT2D eigenvalue weighted by Gasteiger charge is 2.11. The highest BCUT2D eigenvalue weighted by Crippen LogP contribution is 2.27. The highest BCUT2D eigenvalue weighted by molar-refractivity contribution is 9.10. The number of hydrogen-bond donors (Lipinski definition) is 0. The van der Waals surface area contributed by atoms with E-state index in [2.05, 4.69) is 26.1 Å². The van der Waals surface area contributed by atoms with Gasteiger partial charge in [-0.25, -0.2) is 0 Å². The molecule has 0 saturated carbocycles. The number of nitrogens with zero attached hydrogens (tertiary/aromatic N) is 2. The van der Waals surface area contributed by atoms with Crippen LogP contribution in [-0.4, -0.2) is 10.1 Å². The maximum atomic E-state index is 6.11. The summed E-state index contributed by atoms with van der Waals surface area (Å²) in [5, 5.41) is 4.69. The van der Waals surface area contributed by atoms with Crippen molar-refractivity contribution in [3.8, 4) is 22.8 Å². The van der Waals surface area contributed by atoms with Crippen LogP contribution >= 0.6 is 27.5 Å².